The largest absolute Gasteiger partial charge is 0.311 e. The van der Waals surface area contributed by atoms with E-state index >= 15 is 0 Å². The molecule has 0 aromatic carbocycles. The fourth-order valence-corrected chi connectivity index (χ4v) is 2.22. The summed E-state index contributed by atoms with van der Waals surface area (Å²) in [4.78, 5) is 4.56. The highest BCUT2D eigenvalue weighted by Gasteiger charge is 2.06. The van der Waals surface area contributed by atoms with Gasteiger partial charge in [-0.05, 0) is 44.4 Å². The molecule has 0 amide bonds. The van der Waals surface area contributed by atoms with Crippen LogP contribution in [0.1, 0.15) is 38.1 Å². The molecule has 0 saturated carbocycles. The molecule has 0 aliphatic rings. The van der Waals surface area contributed by atoms with Crippen molar-refractivity contribution in [2.45, 2.75) is 40.2 Å². The monoisotopic (exact) mass is 245 g/mol. The third-order valence-corrected chi connectivity index (χ3v) is 3.26. The third-order valence-electron chi connectivity index (χ3n) is 3.26. The average molecular weight is 245 g/mol. The Kier molecular flexibility index (Phi) is 4.37. The van der Waals surface area contributed by atoms with Crippen LogP contribution in [0.3, 0.4) is 0 Å². The van der Waals surface area contributed by atoms with Crippen LogP contribution >= 0.6 is 0 Å². The molecule has 0 atom stereocenters. The first kappa shape index (κ1) is 13.1. The van der Waals surface area contributed by atoms with Crippen molar-refractivity contribution in [3.05, 3.63) is 35.8 Å². The Labute approximate surface area is 109 Å². The second kappa shape index (κ2) is 6.01. The number of aromatic nitrogens is 2. The minimum absolute atomic E-state index is 0.796. The molecule has 0 aliphatic heterocycles. The molecule has 18 heavy (non-hydrogen) atoms. The number of hydrogen-bond acceptors (Lipinski definition) is 2. The Balaban J connectivity index is 1.93. The Morgan fingerprint density at radius 1 is 1.33 bits per heavy atom. The summed E-state index contributed by atoms with van der Waals surface area (Å²) in [7, 11) is 0. The number of nitrogens with one attached hydrogen (secondary N) is 1. The maximum atomic E-state index is 4.56. The van der Waals surface area contributed by atoms with Crippen LogP contribution in [-0.2, 0) is 6.54 Å². The molecule has 1 N–H and O–H groups in total. The van der Waals surface area contributed by atoms with Crippen LogP contribution in [0.15, 0.2) is 24.4 Å². The smallest absolute Gasteiger partial charge is 0.137 e. The van der Waals surface area contributed by atoms with Crippen molar-refractivity contribution in [3.8, 4) is 0 Å². The van der Waals surface area contributed by atoms with E-state index < -0.39 is 0 Å². The summed E-state index contributed by atoms with van der Waals surface area (Å²) >= 11 is 0. The number of rotatable bonds is 6. The van der Waals surface area contributed by atoms with Crippen molar-refractivity contribution < 1.29 is 0 Å². The molecule has 0 unspecified atom stereocenters. The lowest BCUT2D eigenvalue weighted by atomic mass is 10.1. The van der Waals surface area contributed by atoms with Gasteiger partial charge in [0.05, 0.1) is 11.4 Å². The predicted molar refractivity (Wildman–Crippen MR) is 75.7 cm³/mol. The summed E-state index contributed by atoms with van der Waals surface area (Å²) in [5.41, 5.74) is 3.43. The van der Waals surface area contributed by atoms with E-state index in [1.54, 1.807) is 0 Å². The number of pyridine rings is 1. The number of hydrogen-bond donors (Lipinski definition) is 1. The number of imidazole rings is 1. The summed E-state index contributed by atoms with van der Waals surface area (Å²) in [5.74, 6) is 0.796. The van der Waals surface area contributed by atoms with Gasteiger partial charge in [-0.25, -0.2) is 4.98 Å². The van der Waals surface area contributed by atoms with Gasteiger partial charge in [-0.3, -0.25) is 0 Å². The van der Waals surface area contributed by atoms with Gasteiger partial charge in [0.25, 0.3) is 0 Å². The van der Waals surface area contributed by atoms with Crippen LogP contribution in [0, 0.1) is 12.8 Å². The van der Waals surface area contributed by atoms with Gasteiger partial charge < -0.3 is 9.72 Å². The lowest BCUT2D eigenvalue weighted by molar-refractivity contribution is 0.525. The fraction of sp³-hybridized carbons (Fsp3) is 0.533. The molecular weight excluding hydrogens is 222 g/mol. The quantitative estimate of drug-likeness (QED) is 0.792. The van der Waals surface area contributed by atoms with Gasteiger partial charge in [-0.2, -0.15) is 0 Å². The summed E-state index contributed by atoms with van der Waals surface area (Å²) < 4.78 is 2.17. The van der Waals surface area contributed by atoms with E-state index in [0.29, 0.717) is 0 Å². The Bertz CT molecular complexity index is 499. The van der Waals surface area contributed by atoms with Crippen LogP contribution in [0.4, 0.5) is 0 Å². The van der Waals surface area contributed by atoms with Gasteiger partial charge >= 0.3 is 0 Å². The molecule has 98 valence electrons. The average Bonchev–Trinajstić information content (AvgIpc) is 2.65. The highest BCUT2D eigenvalue weighted by molar-refractivity contribution is 5.42. The highest BCUT2D eigenvalue weighted by atomic mass is 15.0. The summed E-state index contributed by atoms with van der Waals surface area (Å²) in [5, 5.41) is 3.52. The van der Waals surface area contributed by atoms with E-state index in [1.165, 1.54) is 18.5 Å². The zero-order valence-corrected chi connectivity index (χ0v) is 11.6. The van der Waals surface area contributed by atoms with E-state index in [0.717, 1.165) is 30.3 Å². The minimum atomic E-state index is 0.796. The highest BCUT2D eigenvalue weighted by Crippen LogP contribution is 2.11. The summed E-state index contributed by atoms with van der Waals surface area (Å²) in [6.07, 6.45) is 4.62. The van der Waals surface area contributed by atoms with Crippen LogP contribution in [0.5, 0.6) is 0 Å². The first-order valence-electron chi connectivity index (χ1n) is 6.81. The molecule has 0 saturated heterocycles. The van der Waals surface area contributed by atoms with E-state index in [2.05, 4.69) is 53.8 Å². The van der Waals surface area contributed by atoms with Gasteiger partial charge in [0.1, 0.15) is 5.65 Å². The lowest BCUT2D eigenvalue weighted by Crippen LogP contribution is -2.17. The van der Waals surface area contributed by atoms with E-state index in [9.17, 15) is 0 Å². The zero-order chi connectivity index (χ0) is 13.0. The van der Waals surface area contributed by atoms with Crippen LogP contribution in [0.2, 0.25) is 0 Å². The van der Waals surface area contributed by atoms with Crippen molar-refractivity contribution in [3.63, 3.8) is 0 Å². The Hall–Kier alpha value is -1.35. The molecule has 0 aliphatic carbocycles. The normalized spacial score (nSPS) is 11.6. The van der Waals surface area contributed by atoms with Crippen LogP contribution in [0.25, 0.3) is 5.65 Å². The van der Waals surface area contributed by atoms with Gasteiger partial charge in [-0.15, -0.1) is 0 Å². The van der Waals surface area contributed by atoms with Gasteiger partial charge in [0.15, 0.2) is 0 Å². The number of aryl methyl sites for hydroxylation is 1. The van der Waals surface area contributed by atoms with Crippen molar-refractivity contribution >= 4 is 5.65 Å². The van der Waals surface area contributed by atoms with Crippen LogP contribution < -0.4 is 5.32 Å². The second-order valence-electron chi connectivity index (χ2n) is 5.29. The van der Waals surface area contributed by atoms with E-state index in [1.807, 2.05) is 6.07 Å². The topological polar surface area (TPSA) is 29.3 Å². The van der Waals surface area contributed by atoms with Crippen LogP contribution in [-0.4, -0.2) is 15.9 Å². The van der Waals surface area contributed by atoms with Gasteiger partial charge in [0, 0.05) is 12.7 Å². The molecule has 0 fully saturated rings. The number of fused-ring (bicyclic) bond motifs is 1. The van der Waals surface area contributed by atoms with Gasteiger partial charge in [0.2, 0.25) is 0 Å². The molecule has 0 radical (unpaired) electrons. The first-order valence-corrected chi connectivity index (χ1v) is 6.81. The first-order chi connectivity index (χ1) is 8.68. The minimum Gasteiger partial charge on any atom is -0.311 e. The molecule has 2 heterocycles. The maximum Gasteiger partial charge on any atom is 0.137 e. The second-order valence-corrected chi connectivity index (χ2v) is 5.29. The van der Waals surface area contributed by atoms with Crippen molar-refractivity contribution in [1.82, 2.24) is 14.7 Å². The maximum absolute atomic E-state index is 4.56. The van der Waals surface area contributed by atoms with Gasteiger partial charge in [-0.1, -0.05) is 19.9 Å². The van der Waals surface area contributed by atoms with Crippen molar-refractivity contribution in [2.75, 3.05) is 6.54 Å². The Morgan fingerprint density at radius 3 is 2.94 bits per heavy atom. The lowest BCUT2D eigenvalue weighted by Gasteiger charge is -2.07. The summed E-state index contributed by atoms with van der Waals surface area (Å²) in [6, 6.07) is 6.13. The predicted octanol–water partition coefficient (Wildman–Crippen LogP) is 3.17. The SMILES string of the molecule is Cc1nc2ccccn2c1CNCCCC(C)C. The summed E-state index contributed by atoms with van der Waals surface area (Å²) in [6.45, 7) is 8.61. The standard InChI is InChI=1S/C15H23N3/c1-12(2)7-6-9-16-11-14-13(3)17-15-8-4-5-10-18(14)15/h4-5,8,10,12,16H,6-7,9,11H2,1-3H3. The van der Waals surface area contributed by atoms with Crippen molar-refractivity contribution in [1.29, 1.82) is 0 Å². The molecule has 0 bridgehead atoms. The molecular formula is C15H23N3. The number of nitrogens with zero attached hydrogens (tertiary/aromatic N) is 2. The molecule has 2 aromatic heterocycles. The van der Waals surface area contributed by atoms with E-state index in [4.69, 9.17) is 0 Å². The molecule has 3 heteroatoms. The zero-order valence-electron chi connectivity index (χ0n) is 11.6. The molecule has 3 nitrogen and oxygen atoms in total. The third kappa shape index (κ3) is 3.10. The van der Waals surface area contributed by atoms with E-state index in [-0.39, 0.29) is 0 Å². The Morgan fingerprint density at radius 2 is 2.17 bits per heavy atom. The molecule has 2 aromatic rings. The molecule has 2 rings (SSSR count). The van der Waals surface area contributed by atoms with Crippen molar-refractivity contribution in [2.24, 2.45) is 5.92 Å². The molecule has 0 spiro atoms. The fourth-order valence-electron chi connectivity index (χ4n) is 2.22.